The third-order valence-electron chi connectivity index (χ3n) is 2.49. The zero-order chi connectivity index (χ0) is 13.3. The van der Waals surface area contributed by atoms with Crippen LogP contribution in [0.5, 0.6) is 5.75 Å². The minimum atomic E-state index is -3.23. The Morgan fingerprint density at radius 3 is 2.67 bits per heavy atom. The molecular weight excluding hydrogens is 240 g/mol. The van der Waals surface area contributed by atoms with E-state index in [1.54, 1.807) is 30.9 Å². The highest BCUT2D eigenvalue weighted by Gasteiger charge is 2.23. The molecule has 2 rings (SSSR count). The lowest BCUT2D eigenvalue weighted by molar-refractivity contribution is -0.419. The van der Waals surface area contributed by atoms with Crippen molar-refractivity contribution in [3.63, 3.8) is 0 Å². The van der Waals surface area contributed by atoms with Gasteiger partial charge in [0.15, 0.2) is 5.75 Å². The molecule has 18 heavy (non-hydrogen) atoms. The maximum Gasteiger partial charge on any atom is 0.453 e. The van der Waals surface area contributed by atoms with E-state index in [0.29, 0.717) is 17.9 Å². The summed E-state index contributed by atoms with van der Waals surface area (Å²) in [6.45, 7) is 0.313. The van der Waals surface area contributed by atoms with Crippen molar-refractivity contribution in [1.82, 2.24) is 9.55 Å². The number of hydrogen-bond donors (Lipinski definition) is 3. The SMILES string of the molecule is COCc1nc2c(OC(O)(O)O)cccc2n1C. The van der Waals surface area contributed by atoms with Gasteiger partial charge in [0, 0.05) is 14.2 Å². The molecule has 3 N–H and O–H groups in total. The molecule has 1 heterocycles. The number of methoxy groups -OCH3 is 1. The maximum absolute atomic E-state index is 8.84. The molecule has 0 amide bonds. The van der Waals surface area contributed by atoms with E-state index in [1.165, 1.54) is 6.07 Å². The van der Waals surface area contributed by atoms with Gasteiger partial charge in [-0.15, -0.1) is 0 Å². The quantitative estimate of drug-likeness (QED) is 0.647. The number of hydrogen-bond acceptors (Lipinski definition) is 6. The third-order valence-corrected chi connectivity index (χ3v) is 2.49. The van der Waals surface area contributed by atoms with Crippen LogP contribution in [-0.4, -0.2) is 38.1 Å². The molecule has 1 aromatic carbocycles. The van der Waals surface area contributed by atoms with E-state index in [4.69, 9.17) is 20.1 Å². The van der Waals surface area contributed by atoms with Crippen LogP contribution in [0.15, 0.2) is 18.2 Å². The van der Waals surface area contributed by atoms with E-state index in [0.717, 1.165) is 5.52 Å². The summed E-state index contributed by atoms with van der Waals surface area (Å²) in [5.74, 6) is 0.723. The predicted molar refractivity (Wildman–Crippen MR) is 61.4 cm³/mol. The summed E-state index contributed by atoms with van der Waals surface area (Å²) >= 11 is 0. The van der Waals surface area contributed by atoms with E-state index in [2.05, 4.69) is 9.72 Å². The van der Waals surface area contributed by atoms with Crippen LogP contribution >= 0.6 is 0 Å². The fourth-order valence-electron chi connectivity index (χ4n) is 1.72. The van der Waals surface area contributed by atoms with E-state index in [-0.39, 0.29) is 5.75 Å². The molecule has 0 saturated carbocycles. The van der Waals surface area contributed by atoms with Gasteiger partial charge in [-0.25, -0.2) is 4.98 Å². The minimum Gasteiger partial charge on any atom is -0.414 e. The fourth-order valence-corrected chi connectivity index (χ4v) is 1.72. The molecular formula is C11H14N2O5. The summed E-state index contributed by atoms with van der Waals surface area (Å²) in [7, 11) is 3.36. The first kappa shape index (κ1) is 12.8. The lowest BCUT2D eigenvalue weighted by Crippen LogP contribution is -2.34. The standard InChI is InChI=1S/C11H14N2O5/c1-13-7-4-3-5-8(18-11(14,15)16)10(7)12-9(13)6-17-2/h3-5,14-16H,6H2,1-2H3. The second-order valence-corrected chi connectivity index (χ2v) is 3.82. The van der Waals surface area contributed by atoms with Crippen LogP contribution in [0.25, 0.3) is 11.0 Å². The van der Waals surface area contributed by atoms with E-state index in [9.17, 15) is 0 Å². The summed E-state index contributed by atoms with van der Waals surface area (Å²) in [6.07, 6.45) is -3.23. The number of para-hydroxylation sites is 1. The monoisotopic (exact) mass is 254 g/mol. The number of imidazole rings is 1. The van der Waals surface area contributed by atoms with Gasteiger partial charge in [-0.1, -0.05) is 6.07 Å². The maximum atomic E-state index is 8.84. The molecule has 0 unspecified atom stereocenters. The van der Waals surface area contributed by atoms with Crippen LogP contribution in [0.4, 0.5) is 0 Å². The number of rotatable bonds is 4. The number of aryl methyl sites for hydroxylation is 1. The average molecular weight is 254 g/mol. The molecule has 7 nitrogen and oxygen atoms in total. The highest BCUT2D eigenvalue weighted by molar-refractivity contribution is 5.82. The highest BCUT2D eigenvalue weighted by atomic mass is 16.9. The zero-order valence-corrected chi connectivity index (χ0v) is 9.99. The van der Waals surface area contributed by atoms with Gasteiger partial charge in [0.25, 0.3) is 0 Å². The Kier molecular flexibility index (Phi) is 3.22. The van der Waals surface area contributed by atoms with Gasteiger partial charge in [-0.2, -0.15) is 0 Å². The molecule has 98 valence electrons. The van der Waals surface area contributed by atoms with Gasteiger partial charge in [-0.05, 0) is 12.1 Å². The Bertz CT molecular complexity index is 558. The van der Waals surface area contributed by atoms with Gasteiger partial charge in [0.1, 0.15) is 17.9 Å². The van der Waals surface area contributed by atoms with Crippen molar-refractivity contribution in [2.75, 3.05) is 7.11 Å². The number of benzene rings is 1. The fraction of sp³-hybridized carbons (Fsp3) is 0.364. The normalized spacial score (nSPS) is 12.1. The first-order valence-electron chi connectivity index (χ1n) is 5.22. The van der Waals surface area contributed by atoms with Crippen LogP contribution < -0.4 is 4.74 Å². The largest absolute Gasteiger partial charge is 0.453 e. The van der Waals surface area contributed by atoms with Crippen molar-refractivity contribution in [3.05, 3.63) is 24.0 Å². The highest BCUT2D eigenvalue weighted by Crippen LogP contribution is 2.27. The van der Waals surface area contributed by atoms with E-state index < -0.39 is 6.16 Å². The van der Waals surface area contributed by atoms with Crippen molar-refractivity contribution in [2.24, 2.45) is 7.05 Å². The Morgan fingerprint density at radius 1 is 1.33 bits per heavy atom. The van der Waals surface area contributed by atoms with Crippen molar-refractivity contribution >= 4 is 11.0 Å². The van der Waals surface area contributed by atoms with E-state index >= 15 is 0 Å². The summed E-state index contributed by atoms with van der Waals surface area (Å²) in [5.41, 5.74) is 1.14. The van der Waals surface area contributed by atoms with Gasteiger partial charge < -0.3 is 29.4 Å². The van der Waals surface area contributed by atoms with Crippen LogP contribution in [-0.2, 0) is 18.4 Å². The molecule has 7 heteroatoms. The number of ether oxygens (including phenoxy) is 2. The second kappa shape index (κ2) is 4.54. The summed E-state index contributed by atoms with van der Waals surface area (Å²) in [5, 5.41) is 26.5. The molecule has 0 aliphatic rings. The molecule has 0 fully saturated rings. The summed E-state index contributed by atoms with van der Waals surface area (Å²) < 4.78 is 11.4. The first-order valence-corrected chi connectivity index (χ1v) is 5.22. The van der Waals surface area contributed by atoms with Crippen molar-refractivity contribution in [1.29, 1.82) is 0 Å². The van der Waals surface area contributed by atoms with Gasteiger partial charge in [-0.3, -0.25) is 0 Å². The van der Waals surface area contributed by atoms with E-state index in [1.807, 2.05) is 0 Å². The van der Waals surface area contributed by atoms with Crippen molar-refractivity contribution in [2.45, 2.75) is 12.8 Å². The molecule has 1 aromatic heterocycles. The molecule has 0 saturated heterocycles. The third kappa shape index (κ3) is 2.44. The van der Waals surface area contributed by atoms with Gasteiger partial charge in [0.05, 0.1) is 5.52 Å². The Balaban J connectivity index is 2.52. The Morgan fingerprint density at radius 2 is 2.06 bits per heavy atom. The Labute approximate surface area is 103 Å². The van der Waals surface area contributed by atoms with Gasteiger partial charge in [0.2, 0.25) is 0 Å². The number of aliphatic hydroxyl groups is 3. The molecule has 0 aliphatic heterocycles. The molecule has 0 bridgehead atoms. The van der Waals surface area contributed by atoms with Crippen LogP contribution in [0.3, 0.4) is 0 Å². The molecule has 2 aromatic rings. The number of aromatic nitrogens is 2. The second-order valence-electron chi connectivity index (χ2n) is 3.82. The smallest absolute Gasteiger partial charge is 0.414 e. The summed E-state index contributed by atoms with van der Waals surface area (Å²) in [4.78, 5) is 4.27. The van der Waals surface area contributed by atoms with Gasteiger partial charge >= 0.3 is 6.16 Å². The van der Waals surface area contributed by atoms with Crippen LogP contribution in [0.1, 0.15) is 5.82 Å². The summed E-state index contributed by atoms with van der Waals surface area (Å²) in [6, 6.07) is 4.92. The molecule has 0 spiro atoms. The predicted octanol–water partition coefficient (Wildman–Crippen LogP) is -0.313. The zero-order valence-electron chi connectivity index (χ0n) is 9.99. The molecule has 0 aliphatic carbocycles. The molecule has 0 radical (unpaired) electrons. The first-order chi connectivity index (χ1) is 8.42. The number of nitrogens with zero attached hydrogens (tertiary/aromatic N) is 2. The van der Waals surface area contributed by atoms with Crippen molar-refractivity contribution in [3.8, 4) is 5.75 Å². The van der Waals surface area contributed by atoms with Crippen LogP contribution in [0.2, 0.25) is 0 Å². The topological polar surface area (TPSA) is 97.0 Å². The minimum absolute atomic E-state index is 0.0675. The van der Waals surface area contributed by atoms with Crippen LogP contribution in [0, 0.1) is 0 Å². The lowest BCUT2D eigenvalue weighted by atomic mass is 10.3. The van der Waals surface area contributed by atoms with Crippen molar-refractivity contribution < 1.29 is 24.8 Å². The average Bonchev–Trinajstić information content (AvgIpc) is 2.57. The lowest BCUT2D eigenvalue weighted by Gasteiger charge is -2.15. The molecule has 0 atom stereocenters. The number of fused-ring (bicyclic) bond motifs is 1. The Hall–Kier alpha value is -1.67.